The maximum absolute atomic E-state index is 14.2. The number of carbonyl (C=O) groups is 1. The minimum absolute atomic E-state index is 0. The van der Waals surface area contributed by atoms with Gasteiger partial charge in [-0.1, -0.05) is 60.7 Å². The van der Waals surface area contributed by atoms with Gasteiger partial charge in [-0.2, -0.15) is 0 Å². The van der Waals surface area contributed by atoms with E-state index < -0.39 is 7.26 Å². The third kappa shape index (κ3) is 4.17. The summed E-state index contributed by atoms with van der Waals surface area (Å²) in [4.78, 5) is 16.1. The van der Waals surface area contributed by atoms with Gasteiger partial charge in [0.05, 0.1) is 7.11 Å². The summed E-state index contributed by atoms with van der Waals surface area (Å²) in [5, 5.41) is 3.73. The number of methoxy groups -OCH3 is 1. The topological polar surface area (TPSA) is 29.5 Å². The Bertz CT molecular complexity index is 1140. The monoisotopic (exact) mass is 531 g/mol. The highest BCUT2D eigenvalue weighted by Crippen LogP contribution is 2.62. The lowest BCUT2D eigenvalue weighted by Crippen LogP contribution is -3.00. The van der Waals surface area contributed by atoms with Crippen LogP contribution in [0.3, 0.4) is 0 Å². The second kappa shape index (κ2) is 10.5. The highest BCUT2D eigenvalue weighted by molar-refractivity contribution is 7.97. The van der Waals surface area contributed by atoms with Crippen LogP contribution in [0.25, 0.3) is 0 Å². The number of hydrogen-bond acceptors (Lipinski definition) is 2. The zero-order chi connectivity index (χ0) is 22.7. The van der Waals surface area contributed by atoms with Gasteiger partial charge in [-0.05, 0) is 48.5 Å². The van der Waals surface area contributed by atoms with Gasteiger partial charge in [0, 0.05) is 24.7 Å². The van der Waals surface area contributed by atoms with Gasteiger partial charge < -0.3 is 26.6 Å². The molecule has 5 rings (SSSR count). The fraction of sp³-hybridized carbons (Fsp3) is 0.138. The van der Waals surface area contributed by atoms with Crippen molar-refractivity contribution in [2.75, 3.05) is 18.6 Å². The predicted octanol–water partition coefficient (Wildman–Crippen LogP) is 1.80. The van der Waals surface area contributed by atoms with Gasteiger partial charge in [-0.15, -0.1) is 0 Å². The molecule has 1 unspecified atom stereocenters. The van der Waals surface area contributed by atoms with Gasteiger partial charge in [0.2, 0.25) is 0 Å². The SMILES string of the molecule is COc1cccc(N2CCC([P+](c3ccccc3)(c3ccccc3)c3ccccc3)C2=O)c1.[Br-]. The van der Waals surface area contributed by atoms with Gasteiger partial charge in [0.25, 0.3) is 5.91 Å². The largest absolute Gasteiger partial charge is 1.00 e. The van der Waals surface area contributed by atoms with Crippen molar-refractivity contribution in [1.82, 2.24) is 0 Å². The molecule has 4 aromatic carbocycles. The van der Waals surface area contributed by atoms with Crippen LogP contribution in [0.15, 0.2) is 115 Å². The van der Waals surface area contributed by atoms with E-state index in [1.165, 1.54) is 15.9 Å². The fourth-order valence-electron chi connectivity index (χ4n) is 5.04. The number of ether oxygens (including phenoxy) is 1. The summed E-state index contributed by atoms with van der Waals surface area (Å²) in [5.41, 5.74) is 0.769. The summed E-state index contributed by atoms with van der Waals surface area (Å²) in [6, 6.07) is 39.7. The Balaban J connectivity index is 0.00000274. The number of hydrogen-bond donors (Lipinski definition) is 0. The molecule has 4 aromatic rings. The Morgan fingerprint density at radius 2 is 1.24 bits per heavy atom. The minimum atomic E-state index is -2.26. The van der Waals surface area contributed by atoms with Crippen LogP contribution in [0.4, 0.5) is 5.69 Å². The number of carbonyl (C=O) groups excluding carboxylic acids is 1. The Morgan fingerprint density at radius 3 is 1.71 bits per heavy atom. The summed E-state index contributed by atoms with van der Waals surface area (Å²) in [6.07, 6.45) is 0.808. The molecule has 1 fully saturated rings. The first-order valence-electron chi connectivity index (χ1n) is 11.3. The Kier molecular flexibility index (Phi) is 7.50. The van der Waals surface area contributed by atoms with Gasteiger partial charge in [-0.25, -0.2) is 0 Å². The fourth-order valence-corrected chi connectivity index (χ4v) is 9.91. The Morgan fingerprint density at radius 1 is 0.735 bits per heavy atom. The van der Waals surface area contributed by atoms with E-state index in [4.69, 9.17) is 4.74 Å². The molecule has 1 saturated heterocycles. The van der Waals surface area contributed by atoms with E-state index in [2.05, 4.69) is 72.8 Å². The average Bonchev–Trinajstić information content (AvgIpc) is 3.28. The van der Waals surface area contributed by atoms with Crippen LogP contribution in [0.2, 0.25) is 0 Å². The lowest BCUT2D eigenvalue weighted by Gasteiger charge is -2.32. The van der Waals surface area contributed by atoms with E-state index in [0.29, 0.717) is 6.54 Å². The van der Waals surface area contributed by atoms with E-state index in [9.17, 15) is 4.79 Å². The minimum Gasteiger partial charge on any atom is -1.00 e. The molecule has 172 valence electrons. The molecule has 0 bridgehead atoms. The zero-order valence-corrected chi connectivity index (χ0v) is 21.5. The van der Waals surface area contributed by atoms with E-state index in [1.54, 1.807) is 7.11 Å². The van der Waals surface area contributed by atoms with Crippen molar-refractivity contribution in [2.45, 2.75) is 12.1 Å². The van der Waals surface area contributed by atoms with Gasteiger partial charge in [0.15, 0.2) is 5.66 Å². The van der Waals surface area contributed by atoms with E-state index in [-0.39, 0.29) is 28.5 Å². The summed E-state index contributed by atoms with van der Waals surface area (Å²) in [5.74, 6) is 0.951. The number of amides is 1. The first-order valence-corrected chi connectivity index (χ1v) is 13.1. The second-order valence-electron chi connectivity index (χ2n) is 8.23. The van der Waals surface area contributed by atoms with Crippen LogP contribution in [0.1, 0.15) is 6.42 Å². The average molecular weight is 532 g/mol. The molecule has 34 heavy (non-hydrogen) atoms. The molecule has 0 saturated carbocycles. The van der Waals surface area contributed by atoms with Crippen molar-refractivity contribution in [3.8, 4) is 5.75 Å². The van der Waals surface area contributed by atoms with Gasteiger partial charge in [0.1, 0.15) is 28.9 Å². The molecule has 3 nitrogen and oxygen atoms in total. The highest BCUT2D eigenvalue weighted by atomic mass is 79.9. The van der Waals surface area contributed by atoms with Crippen LogP contribution in [0.5, 0.6) is 5.75 Å². The first-order chi connectivity index (χ1) is 16.2. The summed E-state index contributed by atoms with van der Waals surface area (Å²) in [6.45, 7) is 0.699. The van der Waals surface area contributed by atoms with E-state index >= 15 is 0 Å². The lowest BCUT2D eigenvalue weighted by atomic mass is 10.3. The van der Waals surface area contributed by atoms with Crippen LogP contribution in [-0.2, 0) is 4.79 Å². The molecule has 0 radical (unpaired) electrons. The Labute approximate surface area is 212 Å². The number of anilines is 1. The van der Waals surface area contributed by atoms with Gasteiger partial charge in [-0.3, -0.25) is 4.79 Å². The number of rotatable bonds is 6. The van der Waals surface area contributed by atoms with Crippen LogP contribution in [0, 0.1) is 0 Å². The molecular weight excluding hydrogens is 505 g/mol. The molecule has 0 spiro atoms. The highest BCUT2D eigenvalue weighted by Gasteiger charge is 2.58. The van der Waals surface area contributed by atoms with Crippen molar-refractivity contribution in [3.63, 3.8) is 0 Å². The molecule has 0 aliphatic carbocycles. The molecular formula is C29H27BrNO2P. The normalized spacial score (nSPS) is 15.6. The molecule has 1 aliphatic rings. The van der Waals surface area contributed by atoms with Crippen molar-refractivity contribution in [2.24, 2.45) is 0 Å². The summed E-state index contributed by atoms with van der Waals surface area (Å²) >= 11 is 0. The predicted molar refractivity (Wildman–Crippen MR) is 139 cm³/mol. The molecule has 1 aliphatic heterocycles. The second-order valence-corrected chi connectivity index (χ2v) is 11.8. The van der Waals surface area contributed by atoms with Crippen molar-refractivity contribution < 1.29 is 26.5 Å². The van der Waals surface area contributed by atoms with Crippen LogP contribution < -0.4 is 42.5 Å². The molecule has 5 heteroatoms. The van der Waals surface area contributed by atoms with Crippen LogP contribution >= 0.6 is 7.26 Å². The van der Waals surface area contributed by atoms with Gasteiger partial charge >= 0.3 is 0 Å². The number of nitrogens with zero attached hydrogens (tertiary/aromatic N) is 1. The molecule has 0 aromatic heterocycles. The van der Waals surface area contributed by atoms with Crippen molar-refractivity contribution in [1.29, 1.82) is 0 Å². The number of halogens is 1. The molecule has 0 N–H and O–H groups in total. The van der Waals surface area contributed by atoms with E-state index in [1.807, 2.05) is 47.4 Å². The quantitative estimate of drug-likeness (QED) is 0.355. The lowest BCUT2D eigenvalue weighted by molar-refractivity contribution is -0.116. The summed E-state index contributed by atoms with van der Waals surface area (Å²) < 4.78 is 5.42. The first kappa shape index (κ1) is 24.2. The molecule has 1 amide bonds. The third-order valence-corrected chi connectivity index (χ3v) is 11.3. The maximum atomic E-state index is 14.2. The zero-order valence-electron chi connectivity index (χ0n) is 19.1. The standard InChI is InChI=1S/C29H27NO2P.BrH/c1-32-24-13-11-12-23(22-24)30-21-20-28(29(30)31)33(25-14-5-2-6-15-25,26-16-7-3-8-17-26)27-18-9-4-10-19-27;/h2-19,22,28H,20-21H2,1H3;1H/q+1;/p-1. The maximum Gasteiger partial charge on any atom is 0.268 e. The molecule has 1 heterocycles. The smallest absolute Gasteiger partial charge is 0.268 e. The van der Waals surface area contributed by atoms with E-state index in [0.717, 1.165) is 17.9 Å². The van der Waals surface area contributed by atoms with Crippen molar-refractivity contribution >= 4 is 34.8 Å². The van der Waals surface area contributed by atoms with Crippen molar-refractivity contribution in [3.05, 3.63) is 115 Å². The van der Waals surface area contributed by atoms with Crippen LogP contribution in [-0.4, -0.2) is 25.2 Å². The molecule has 1 atom stereocenters. The number of benzene rings is 4. The Hall–Kier alpha value is -2.94. The summed E-state index contributed by atoms with van der Waals surface area (Å²) in [7, 11) is -0.599. The third-order valence-electron chi connectivity index (χ3n) is 6.50.